The number of rotatable bonds is 5. The van der Waals surface area contributed by atoms with E-state index in [0.717, 1.165) is 22.2 Å². The van der Waals surface area contributed by atoms with Gasteiger partial charge in [-0.25, -0.2) is 14.8 Å². The van der Waals surface area contributed by atoms with E-state index in [-0.39, 0.29) is 12.6 Å². The molecule has 28 heavy (non-hydrogen) atoms. The molecular formula is C21H16ClN3O2S. The van der Waals surface area contributed by atoms with Gasteiger partial charge in [-0.2, -0.15) is 0 Å². The Morgan fingerprint density at radius 3 is 2.64 bits per heavy atom. The number of carbonyl (C=O) groups is 1. The van der Waals surface area contributed by atoms with Crippen LogP contribution in [0.25, 0.3) is 10.2 Å². The highest BCUT2D eigenvalue weighted by Crippen LogP contribution is 2.36. The topological polar surface area (TPSA) is 64.1 Å². The highest BCUT2D eigenvalue weighted by atomic mass is 35.5. The van der Waals surface area contributed by atoms with E-state index in [1.54, 1.807) is 6.07 Å². The second kappa shape index (κ2) is 7.96. The highest BCUT2D eigenvalue weighted by Gasteiger charge is 2.21. The SMILES string of the molecule is Cc1c(C(=O)OCc2ccccc2)sc2ncnc(Nc3ccccc3Cl)c12. The number of thiophene rings is 1. The molecule has 0 aliphatic heterocycles. The lowest BCUT2D eigenvalue weighted by Crippen LogP contribution is -2.04. The molecule has 2 aromatic heterocycles. The van der Waals surface area contributed by atoms with E-state index < -0.39 is 0 Å². The molecule has 4 aromatic rings. The van der Waals surface area contributed by atoms with E-state index >= 15 is 0 Å². The molecule has 0 saturated heterocycles. The molecule has 0 radical (unpaired) electrons. The first-order valence-electron chi connectivity index (χ1n) is 8.60. The Morgan fingerprint density at radius 1 is 1.11 bits per heavy atom. The van der Waals surface area contributed by atoms with Crippen LogP contribution in [0, 0.1) is 6.92 Å². The summed E-state index contributed by atoms with van der Waals surface area (Å²) in [6, 6.07) is 17.0. The zero-order chi connectivity index (χ0) is 19.5. The normalized spacial score (nSPS) is 10.8. The molecule has 2 aromatic carbocycles. The number of aromatic nitrogens is 2. The monoisotopic (exact) mass is 409 g/mol. The van der Waals surface area contributed by atoms with Gasteiger partial charge in [-0.15, -0.1) is 11.3 Å². The Labute approximate surface area is 171 Å². The highest BCUT2D eigenvalue weighted by molar-refractivity contribution is 7.20. The first-order valence-corrected chi connectivity index (χ1v) is 9.79. The zero-order valence-electron chi connectivity index (χ0n) is 15.0. The molecule has 0 aliphatic carbocycles. The Morgan fingerprint density at radius 2 is 1.86 bits per heavy atom. The Bertz CT molecular complexity index is 1150. The lowest BCUT2D eigenvalue weighted by molar-refractivity contribution is 0.0478. The van der Waals surface area contributed by atoms with Crippen molar-refractivity contribution in [1.29, 1.82) is 0 Å². The van der Waals surface area contributed by atoms with Crippen LogP contribution in [0.2, 0.25) is 5.02 Å². The molecule has 0 aliphatic rings. The van der Waals surface area contributed by atoms with Gasteiger partial charge in [0, 0.05) is 0 Å². The van der Waals surface area contributed by atoms with Crippen molar-refractivity contribution in [3.63, 3.8) is 0 Å². The first-order chi connectivity index (χ1) is 13.6. The Kier molecular flexibility index (Phi) is 5.23. The quantitative estimate of drug-likeness (QED) is 0.425. The number of hydrogen-bond acceptors (Lipinski definition) is 6. The zero-order valence-corrected chi connectivity index (χ0v) is 16.6. The van der Waals surface area contributed by atoms with Crippen LogP contribution in [-0.2, 0) is 11.3 Å². The minimum absolute atomic E-state index is 0.226. The van der Waals surface area contributed by atoms with Gasteiger partial charge < -0.3 is 10.1 Å². The van der Waals surface area contributed by atoms with Gasteiger partial charge in [0.25, 0.3) is 0 Å². The fourth-order valence-electron chi connectivity index (χ4n) is 2.84. The van der Waals surface area contributed by atoms with Gasteiger partial charge in [0.1, 0.15) is 28.5 Å². The number of esters is 1. The average molecular weight is 410 g/mol. The van der Waals surface area contributed by atoms with Crippen LogP contribution >= 0.6 is 22.9 Å². The second-order valence-electron chi connectivity index (χ2n) is 6.13. The van der Waals surface area contributed by atoms with Crippen molar-refractivity contribution in [2.24, 2.45) is 0 Å². The predicted octanol–water partition coefficient (Wildman–Crippen LogP) is 5.75. The van der Waals surface area contributed by atoms with E-state index in [0.29, 0.717) is 20.5 Å². The molecule has 1 N–H and O–H groups in total. The number of carbonyl (C=O) groups excluding carboxylic acids is 1. The van der Waals surface area contributed by atoms with Crippen LogP contribution in [0.5, 0.6) is 0 Å². The summed E-state index contributed by atoms with van der Waals surface area (Å²) in [5.74, 6) is 0.238. The van der Waals surface area contributed by atoms with E-state index in [4.69, 9.17) is 16.3 Å². The number of halogens is 1. The lowest BCUT2D eigenvalue weighted by atomic mass is 10.2. The molecule has 0 spiro atoms. The average Bonchev–Trinajstić information content (AvgIpc) is 3.06. The Balaban J connectivity index is 1.63. The molecule has 7 heteroatoms. The van der Waals surface area contributed by atoms with Crippen LogP contribution in [-0.4, -0.2) is 15.9 Å². The van der Waals surface area contributed by atoms with Gasteiger partial charge in [0.15, 0.2) is 0 Å². The molecule has 0 amide bonds. The number of fused-ring (bicyclic) bond motifs is 1. The number of aryl methyl sites for hydroxylation is 1. The van der Waals surface area contributed by atoms with Gasteiger partial charge in [0.05, 0.1) is 16.1 Å². The minimum atomic E-state index is -0.368. The predicted molar refractivity (Wildman–Crippen MR) is 112 cm³/mol. The van der Waals surface area contributed by atoms with Gasteiger partial charge in [-0.05, 0) is 30.2 Å². The lowest BCUT2D eigenvalue weighted by Gasteiger charge is -2.09. The number of nitrogens with zero attached hydrogens (tertiary/aromatic N) is 2. The van der Waals surface area contributed by atoms with Crippen molar-refractivity contribution in [3.8, 4) is 0 Å². The standard InChI is InChI=1S/C21H16ClN3O2S/c1-13-17-19(25-16-10-6-5-9-15(16)22)23-12-24-20(17)28-18(13)21(26)27-11-14-7-3-2-4-8-14/h2-10,12H,11H2,1H3,(H,23,24,25). The molecule has 0 saturated carbocycles. The molecule has 2 heterocycles. The summed E-state index contributed by atoms with van der Waals surface area (Å²) in [7, 11) is 0. The maximum absolute atomic E-state index is 12.6. The van der Waals surface area contributed by atoms with Gasteiger partial charge >= 0.3 is 5.97 Å². The molecule has 140 valence electrons. The summed E-state index contributed by atoms with van der Waals surface area (Å²) in [5, 5.41) is 4.62. The number of nitrogens with one attached hydrogen (secondary N) is 1. The molecule has 0 atom stereocenters. The fraction of sp³-hybridized carbons (Fsp3) is 0.0952. The van der Waals surface area contributed by atoms with Gasteiger partial charge in [0.2, 0.25) is 0 Å². The van der Waals surface area contributed by atoms with E-state index in [1.165, 1.54) is 17.7 Å². The fourth-order valence-corrected chi connectivity index (χ4v) is 4.07. The number of anilines is 2. The summed E-state index contributed by atoms with van der Waals surface area (Å²) in [6.45, 7) is 2.10. The van der Waals surface area contributed by atoms with Crippen LogP contribution in [0.15, 0.2) is 60.9 Å². The number of ether oxygens (including phenoxy) is 1. The molecular weight excluding hydrogens is 394 g/mol. The minimum Gasteiger partial charge on any atom is -0.457 e. The van der Waals surface area contributed by atoms with Crippen LogP contribution in [0.3, 0.4) is 0 Å². The van der Waals surface area contributed by atoms with Crippen molar-refractivity contribution >= 4 is 50.6 Å². The maximum atomic E-state index is 12.6. The Hall–Kier alpha value is -2.96. The number of hydrogen-bond donors (Lipinski definition) is 1. The molecule has 0 bridgehead atoms. The molecule has 4 rings (SSSR count). The van der Waals surface area contributed by atoms with Gasteiger partial charge in [-0.3, -0.25) is 0 Å². The van der Waals surface area contributed by atoms with Crippen molar-refractivity contribution < 1.29 is 9.53 Å². The smallest absolute Gasteiger partial charge is 0.349 e. The van der Waals surface area contributed by atoms with Crippen LogP contribution < -0.4 is 5.32 Å². The van der Waals surface area contributed by atoms with Crippen LogP contribution in [0.4, 0.5) is 11.5 Å². The first kappa shape index (κ1) is 18.4. The largest absolute Gasteiger partial charge is 0.457 e. The van der Waals surface area contributed by atoms with E-state index in [2.05, 4.69) is 15.3 Å². The van der Waals surface area contributed by atoms with Crippen LogP contribution in [0.1, 0.15) is 20.8 Å². The third-order valence-electron chi connectivity index (χ3n) is 4.25. The second-order valence-corrected chi connectivity index (χ2v) is 7.53. The summed E-state index contributed by atoms with van der Waals surface area (Å²) >= 11 is 7.54. The van der Waals surface area contributed by atoms with Crippen molar-refractivity contribution in [1.82, 2.24) is 9.97 Å². The summed E-state index contributed by atoms with van der Waals surface area (Å²) in [4.78, 5) is 22.5. The third-order valence-corrected chi connectivity index (χ3v) is 5.76. The third kappa shape index (κ3) is 3.69. The van der Waals surface area contributed by atoms with Crippen molar-refractivity contribution in [2.45, 2.75) is 13.5 Å². The molecule has 0 fully saturated rings. The van der Waals surface area contributed by atoms with Crippen molar-refractivity contribution in [2.75, 3.05) is 5.32 Å². The molecule has 0 unspecified atom stereocenters. The summed E-state index contributed by atoms with van der Waals surface area (Å²) in [6.07, 6.45) is 1.47. The van der Waals surface area contributed by atoms with E-state index in [9.17, 15) is 4.79 Å². The van der Waals surface area contributed by atoms with E-state index in [1.807, 2.05) is 55.5 Å². The number of para-hydroxylation sites is 1. The number of benzene rings is 2. The summed E-state index contributed by atoms with van der Waals surface area (Å²) < 4.78 is 5.48. The summed E-state index contributed by atoms with van der Waals surface area (Å²) in [5.41, 5.74) is 2.46. The van der Waals surface area contributed by atoms with Crippen molar-refractivity contribution in [3.05, 3.63) is 82.0 Å². The molecule has 5 nitrogen and oxygen atoms in total. The van der Waals surface area contributed by atoms with Gasteiger partial charge in [-0.1, -0.05) is 54.1 Å². The maximum Gasteiger partial charge on any atom is 0.349 e.